The van der Waals surface area contributed by atoms with Crippen molar-refractivity contribution >= 4 is 0 Å². The third kappa shape index (κ3) is 1.67. The fourth-order valence-corrected chi connectivity index (χ4v) is 1.96. The zero-order chi connectivity index (χ0) is 9.26. The molecule has 1 fully saturated rings. The van der Waals surface area contributed by atoms with E-state index in [0.717, 1.165) is 25.7 Å². The van der Waals surface area contributed by atoms with Crippen LogP contribution in [0.15, 0.2) is 17.2 Å². The summed E-state index contributed by atoms with van der Waals surface area (Å²) in [6, 6.07) is 0.280. The van der Waals surface area contributed by atoms with Gasteiger partial charge in [0.25, 0.3) is 0 Å². The number of rotatable bonds is 1. The first-order valence-electron chi connectivity index (χ1n) is 4.71. The van der Waals surface area contributed by atoms with Gasteiger partial charge in [0.05, 0.1) is 6.10 Å². The lowest BCUT2D eigenvalue weighted by Gasteiger charge is -2.25. The highest BCUT2D eigenvalue weighted by Crippen LogP contribution is 2.26. The van der Waals surface area contributed by atoms with Crippen molar-refractivity contribution in [3.63, 3.8) is 0 Å². The molecule has 1 heterocycles. The average molecular weight is 182 g/mol. The molecule has 0 saturated heterocycles. The molecular formula is C9H14N2O2. The van der Waals surface area contributed by atoms with Crippen LogP contribution in [-0.4, -0.2) is 20.8 Å². The molecule has 1 aromatic heterocycles. The van der Waals surface area contributed by atoms with Crippen LogP contribution in [-0.2, 0) is 0 Å². The Labute approximate surface area is 76.2 Å². The molecule has 0 radical (unpaired) electrons. The zero-order valence-electron chi connectivity index (χ0n) is 7.44. The average Bonchev–Trinajstić information content (AvgIpc) is 2.53. The Morgan fingerprint density at radius 3 is 2.62 bits per heavy atom. The molecule has 13 heavy (non-hydrogen) atoms. The van der Waals surface area contributed by atoms with Crippen LogP contribution in [0.1, 0.15) is 31.7 Å². The first-order chi connectivity index (χ1) is 6.27. The van der Waals surface area contributed by atoms with Gasteiger partial charge in [-0.15, -0.1) is 0 Å². The highest BCUT2D eigenvalue weighted by atomic mass is 16.3. The van der Waals surface area contributed by atoms with Crippen LogP contribution in [0.25, 0.3) is 0 Å². The summed E-state index contributed by atoms with van der Waals surface area (Å²) in [7, 11) is 0. The Bertz CT molecular complexity index is 320. The van der Waals surface area contributed by atoms with Crippen molar-refractivity contribution in [1.82, 2.24) is 9.55 Å². The second-order valence-corrected chi connectivity index (χ2v) is 3.63. The number of aromatic amines is 1. The molecule has 2 rings (SSSR count). The summed E-state index contributed by atoms with van der Waals surface area (Å²) < 4.78 is 1.73. The van der Waals surface area contributed by atoms with Crippen LogP contribution in [0, 0.1) is 0 Å². The number of aromatic nitrogens is 2. The van der Waals surface area contributed by atoms with Gasteiger partial charge in [0.15, 0.2) is 0 Å². The van der Waals surface area contributed by atoms with Crippen molar-refractivity contribution < 1.29 is 5.11 Å². The van der Waals surface area contributed by atoms with Gasteiger partial charge in [-0.2, -0.15) is 0 Å². The van der Waals surface area contributed by atoms with Crippen LogP contribution < -0.4 is 5.69 Å². The Morgan fingerprint density at radius 1 is 1.38 bits per heavy atom. The van der Waals surface area contributed by atoms with Crippen LogP contribution in [0.4, 0.5) is 0 Å². The highest BCUT2D eigenvalue weighted by Gasteiger charge is 2.21. The number of aliphatic hydroxyl groups is 1. The molecule has 4 heteroatoms. The second kappa shape index (κ2) is 3.38. The predicted molar refractivity (Wildman–Crippen MR) is 48.6 cm³/mol. The van der Waals surface area contributed by atoms with Crippen molar-refractivity contribution in [3.8, 4) is 0 Å². The number of nitrogens with zero attached hydrogens (tertiary/aromatic N) is 1. The monoisotopic (exact) mass is 182 g/mol. The van der Waals surface area contributed by atoms with E-state index in [-0.39, 0.29) is 17.8 Å². The smallest absolute Gasteiger partial charge is 0.325 e. The van der Waals surface area contributed by atoms with E-state index in [4.69, 9.17) is 0 Å². The van der Waals surface area contributed by atoms with E-state index < -0.39 is 0 Å². The molecule has 1 aliphatic carbocycles. The van der Waals surface area contributed by atoms with Gasteiger partial charge in [-0.25, -0.2) is 4.79 Å². The normalized spacial score (nSPS) is 29.0. The largest absolute Gasteiger partial charge is 0.393 e. The van der Waals surface area contributed by atoms with E-state index in [1.165, 1.54) is 0 Å². The lowest BCUT2D eigenvalue weighted by Crippen LogP contribution is -2.27. The number of hydrogen-bond acceptors (Lipinski definition) is 2. The number of aliphatic hydroxyl groups excluding tert-OH is 1. The van der Waals surface area contributed by atoms with Crippen molar-refractivity contribution in [3.05, 3.63) is 22.9 Å². The summed E-state index contributed by atoms with van der Waals surface area (Å²) in [5.41, 5.74) is -0.0404. The van der Waals surface area contributed by atoms with Gasteiger partial charge in [-0.3, -0.25) is 4.57 Å². The van der Waals surface area contributed by atoms with Crippen molar-refractivity contribution in [1.29, 1.82) is 0 Å². The molecule has 72 valence electrons. The molecule has 0 spiro atoms. The van der Waals surface area contributed by atoms with Crippen molar-refractivity contribution in [2.75, 3.05) is 0 Å². The van der Waals surface area contributed by atoms with Gasteiger partial charge < -0.3 is 10.1 Å². The summed E-state index contributed by atoms with van der Waals surface area (Å²) >= 11 is 0. The molecule has 0 aromatic carbocycles. The fourth-order valence-electron chi connectivity index (χ4n) is 1.96. The minimum atomic E-state index is -0.161. The van der Waals surface area contributed by atoms with Crippen molar-refractivity contribution in [2.24, 2.45) is 0 Å². The summed E-state index contributed by atoms with van der Waals surface area (Å²) in [5, 5.41) is 9.30. The summed E-state index contributed by atoms with van der Waals surface area (Å²) in [6.45, 7) is 0. The third-order valence-electron chi connectivity index (χ3n) is 2.74. The minimum absolute atomic E-state index is 0.0404. The number of H-pyrrole nitrogens is 1. The Hall–Kier alpha value is -1.03. The maximum absolute atomic E-state index is 11.2. The molecule has 0 bridgehead atoms. The topological polar surface area (TPSA) is 58.0 Å². The summed E-state index contributed by atoms with van der Waals surface area (Å²) in [4.78, 5) is 13.9. The predicted octanol–water partition coefficient (Wildman–Crippen LogP) is 0.652. The van der Waals surface area contributed by atoms with Gasteiger partial charge >= 0.3 is 5.69 Å². The lowest BCUT2D eigenvalue weighted by atomic mass is 9.93. The van der Waals surface area contributed by atoms with Gasteiger partial charge in [0.2, 0.25) is 0 Å². The van der Waals surface area contributed by atoms with E-state index >= 15 is 0 Å². The summed E-state index contributed by atoms with van der Waals surface area (Å²) in [5.74, 6) is 0. The van der Waals surface area contributed by atoms with E-state index in [2.05, 4.69) is 4.98 Å². The number of nitrogens with one attached hydrogen (secondary N) is 1. The fraction of sp³-hybridized carbons (Fsp3) is 0.667. The Balaban J connectivity index is 2.11. The number of hydrogen-bond donors (Lipinski definition) is 2. The van der Waals surface area contributed by atoms with Crippen LogP contribution in [0.5, 0.6) is 0 Å². The zero-order valence-corrected chi connectivity index (χ0v) is 7.44. The molecule has 0 atom stereocenters. The number of imidazole rings is 1. The lowest BCUT2D eigenvalue weighted by molar-refractivity contribution is 0.110. The van der Waals surface area contributed by atoms with E-state index in [1.807, 2.05) is 0 Å². The Morgan fingerprint density at radius 2 is 2.08 bits per heavy atom. The molecule has 1 aromatic rings. The van der Waals surface area contributed by atoms with Crippen LogP contribution in [0.2, 0.25) is 0 Å². The maximum atomic E-state index is 11.2. The summed E-state index contributed by atoms with van der Waals surface area (Å²) in [6.07, 6.45) is 6.70. The Kier molecular flexibility index (Phi) is 2.22. The standard InChI is InChI=1S/C9H14N2O2/c12-8-3-1-7(2-4-8)11-6-5-10-9(11)13/h5-8,12H,1-4H2,(H,10,13). The van der Waals surface area contributed by atoms with E-state index in [1.54, 1.807) is 17.0 Å². The minimum Gasteiger partial charge on any atom is -0.393 e. The maximum Gasteiger partial charge on any atom is 0.325 e. The van der Waals surface area contributed by atoms with Gasteiger partial charge in [0, 0.05) is 18.4 Å². The first-order valence-corrected chi connectivity index (χ1v) is 4.71. The quantitative estimate of drug-likeness (QED) is 0.670. The second-order valence-electron chi connectivity index (χ2n) is 3.63. The van der Waals surface area contributed by atoms with E-state index in [0.29, 0.717) is 0 Å². The molecular weight excluding hydrogens is 168 g/mol. The third-order valence-corrected chi connectivity index (χ3v) is 2.74. The molecule has 0 amide bonds. The van der Waals surface area contributed by atoms with Crippen molar-refractivity contribution in [2.45, 2.75) is 37.8 Å². The molecule has 4 nitrogen and oxygen atoms in total. The molecule has 1 aliphatic rings. The van der Waals surface area contributed by atoms with Crippen LogP contribution in [0.3, 0.4) is 0 Å². The van der Waals surface area contributed by atoms with E-state index in [9.17, 15) is 9.90 Å². The SMILES string of the molecule is O=c1[nH]ccn1C1CCC(O)CC1. The van der Waals surface area contributed by atoms with Gasteiger partial charge in [0.1, 0.15) is 0 Å². The molecule has 2 N–H and O–H groups in total. The van der Waals surface area contributed by atoms with Gasteiger partial charge in [-0.1, -0.05) is 0 Å². The van der Waals surface area contributed by atoms with Crippen LogP contribution >= 0.6 is 0 Å². The molecule has 0 unspecified atom stereocenters. The first kappa shape index (κ1) is 8.56. The molecule has 0 aliphatic heterocycles. The van der Waals surface area contributed by atoms with Gasteiger partial charge in [-0.05, 0) is 25.7 Å². The highest BCUT2D eigenvalue weighted by molar-refractivity contribution is 4.84. The molecule has 1 saturated carbocycles.